The molecule has 0 amide bonds. The van der Waals surface area contributed by atoms with E-state index in [0.717, 1.165) is 0 Å². The molecule has 0 saturated heterocycles. The summed E-state index contributed by atoms with van der Waals surface area (Å²) in [5.41, 5.74) is 0.378. The lowest BCUT2D eigenvalue weighted by molar-refractivity contribution is 0.0818. The summed E-state index contributed by atoms with van der Waals surface area (Å²) in [5.74, 6) is 0.252. The molecule has 0 N–H and O–H groups in total. The maximum atomic E-state index is 11.8. The number of alkyl halides is 2. The average Bonchev–Trinajstić information content (AvgIpc) is 2.14. The van der Waals surface area contributed by atoms with Crippen LogP contribution in [0.2, 0.25) is 0 Å². The van der Waals surface area contributed by atoms with Crippen molar-refractivity contribution in [1.82, 2.24) is 0 Å². The van der Waals surface area contributed by atoms with Gasteiger partial charge in [-0.2, -0.15) is 0 Å². The van der Waals surface area contributed by atoms with Crippen LogP contribution in [0.1, 0.15) is 10.4 Å². The Morgan fingerprint density at radius 2 is 2.14 bits per heavy atom. The van der Waals surface area contributed by atoms with Crippen molar-refractivity contribution in [2.75, 3.05) is 6.61 Å². The number of carbonyl (C=O) groups is 1. The Morgan fingerprint density at radius 3 is 2.71 bits per heavy atom. The van der Waals surface area contributed by atoms with Crippen LogP contribution in [-0.4, -0.2) is 19.3 Å². The van der Waals surface area contributed by atoms with Crippen molar-refractivity contribution in [1.29, 1.82) is 0 Å². The monoisotopic (exact) mass is 264 g/mol. The molecule has 0 radical (unpaired) electrons. The summed E-state index contributed by atoms with van der Waals surface area (Å²) in [7, 11) is 0. The van der Waals surface area contributed by atoms with Crippen molar-refractivity contribution in [2.24, 2.45) is 0 Å². The normalized spacial score (nSPS) is 10.3. The summed E-state index contributed by atoms with van der Waals surface area (Å²) < 4.78 is 29.0. The molecule has 0 aliphatic carbocycles. The third-order valence-electron chi connectivity index (χ3n) is 1.41. The van der Waals surface area contributed by atoms with Crippen LogP contribution in [0, 0.1) is 0 Å². The largest absolute Gasteiger partial charge is 0.488 e. The summed E-state index contributed by atoms with van der Waals surface area (Å²) in [6.07, 6.45) is -1.89. The van der Waals surface area contributed by atoms with Crippen molar-refractivity contribution in [3.63, 3.8) is 0 Å². The summed E-state index contributed by atoms with van der Waals surface area (Å²) in [6.45, 7) is -0.672. The third-order valence-corrected chi connectivity index (χ3v) is 1.86. The molecule has 0 heterocycles. The first-order chi connectivity index (χ1) is 6.61. The second-order valence-electron chi connectivity index (χ2n) is 2.54. The number of ether oxygens (including phenoxy) is 1. The molecule has 0 unspecified atom stereocenters. The van der Waals surface area contributed by atoms with E-state index in [0.29, 0.717) is 16.3 Å². The fraction of sp³-hybridized carbons (Fsp3) is 0.222. The molecule has 0 spiro atoms. The Bertz CT molecular complexity index is 329. The summed E-state index contributed by atoms with van der Waals surface area (Å²) in [4.78, 5) is 10.4. The molecule has 1 rings (SSSR count). The lowest BCUT2D eigenvalue weighted by Gasteiger charge is -2.06. The zero-order chi connectivity index (χ0) is 10.6. The van der Waals surface area contributed by atoms with Gasteiger partial charge in [0.15, 0.2) is 0 Å². The van der Waals surface area contributed by atoms with Crippen molar-refractivity contribution < 1.29 is 18.3 Å². The number of hydrogen-bond donors (Lipinski definition) is 0. The standard InChI is InChI=1S/C9H7BrF2O2/c10-7-1-6(4-13)2-8(3-7)14-5-9(11)12/h1-4,9H,5H2. The van der Waals surface area contributed by atoms with E-state index in [-0.39, 0.29) is 5.75 Å². The molecule has 1 aromatic carbocycles. The smallest absolute Gasteiger partial charge is 0.272 e. The maximum absolute atomic E-state index is 11.8. The van der Waals surface area contributed by atoms with Crippen LogP contribution in [0.5, 0.6) is 5.75 Å². The summed E-state index contributed by atoms with van der Waals surface area (Å²) in [5, 5.41) is 0. The van der Waals surface area contributed by atoms with Crippen molar-refractivity contribution in [3.05, 3.63) is 28.2 Å². The quantitative estimate of drug-likeness (QED) is 0.782. The van der Waals surface area contributed by atoms with Gasteiger partial charge >= 0.3 is 0 Å². The SMILES string of the molecule is O=Cc1cc(Br)cc(OCC(F)F)c1. The van der Waals surface area contributed by atoms with Crippen LogP contribution in [-0.2, 0) is 0 Å². The zero-order valence-electron chi connectivity index (χ0n) is 7.04. The first-order valence-corrected chi connectivity index (χ1v) is 4.58. The molecule has 0 atom stereocenters. The van der Waals surface area contributed by atoms with E-state index in [9.17, 15) is 13.6 Å². The second-order valence-corrected chi connectivity index (χ2v) is 3.46. The predicted molar refractivity (Wildman–Crippen MR) is 51.0 cm³/mol. The fourth-order valence-corrected chi connectivity index (χ4v) is 1.38. The fourth-order valence-electron chi connectivity index (χ4n) is 0.895. The third kappa shape index (κ3) is 3.41. The highest BCUT2D eigenvalue weighted by Crippen LogP contribution is 2.20. The van der Waals surface area contributed by atoms with Crippen LogP contribution in [0.3, 0.4) is 0 Å². The van der Waals surface area contributed by atoms with Crippen LogP contribution >= 0.6 is 15.9 Å². The first-order valence-electron chi connectivity index (χ1n) is 3.78. The van der Waals surface area contributed by atoms with Crippen LogP contribution in [0.15, 0.2) is 22.7 Å². The number of aldehydes is 1. The Hall–Kier alpha value is -0.970. The topological polar surface area (TPSA) is 26.3 Å². The van der Waals surface area contributed by atoms with Crippen molar-refractivity contribution in [3.8, 4) is 5.75 Å². The maximum Gasteiger partial charge on any atom is 0.272 e. The van der Waals surface area contributed by atoms with E-state index in [1.54, 1.807) is 6.07 Å². The van der Waals surface area contributed by atoms with Gasteiger partial charge in [0, 0.05) is 10.0 Å². The van der Waals surface area contributed by atoms with Gasteiger partial charge in [-0.25, -0.2) is 8.78 Å². The van der Waals surface area contributed by atoms with E-state index < -0.39 is 13.0 Å². The van der Waals surface area contributed by atoms with Gasteiger partial charge in [-0.15, -0.1) is 0 Å². The molecule has 5 heteroatoms. The molecular weight excluding hydrogens is 258 g/mol. The minimum Gasteiger partial charge on any atom is -0.488 e. The molecule has 0 aliphatic rings. The predicted octanol–water partition coefficient (Wildman–Crippen LogP) is 2.91. The van der Waals surface area contributed by atoms with Gasteiger partial charge in [0.1, 0.15) is 18.6 Å². The molecule has 0 fully saturated rings. The van der Waals surface area contributed by atoms with Crippen LogP contribution in [0.25, 0.3) is 0 Å². The van der Waals surface area contributed by atoms with Gasteiger partial charge in [0.25, 0.3) is 6.43 Å². The number of halogens is 3. The van der Waals surface area contributed by atoms with Gasteiger partial charge < -0.3 is 4.74 Å². The number of hydrogen-bond acceptors (Lipinski definition) is 2. The molecule has 1 aromatic rings. The molecule has 0 aliphatic heterocycles. The lowest BCUT2D eigenvalue weighted by atomic mass is 10.2. The lowest BCUT2D eigenvalue weighted by Crippen LogP contribution is -2.07. The highest BCUT2D eigenvalue weighted by atomic mass is 79.9. The number of rotatable bonds is 4. The number of carbonyl (C=O) groups excluding carboxylic acids is 1. The highest BCUT2D eigenvalue weighted by Gasteiger charge is 2.05. The minimum absolute atomic E-state index is 0.252. The van der Waals surface area contributed by atoms with Crippen LogP contribution in [0.4, 0.5) is 8.78 Å². The summed E-state index contributed by atoms with van der Waals surface area (Å²) in [6, 6.07) is 4.50. The molecule has 76 valence electrons. The van der Waals surface area contributed by atoms with E-state index in [1.165, 1.54) is 12.1 Å². The highest BCUT2D eigenvalue weighted by molar-refractivity contribution is 9.10. The van der Waals surface area contributed by atoms with E-state index in [2.05, 4.69) is 15.9 Å². The van der Waals surface area contributed by atoms with Gasteiger partial charge in [-0.3, -0.25) is 4.79 Å². The molecular formula is C9H7BrF2O2. The first kappa shape index (κ1) is 11.1. The molecule has 0 bridgehead atoms. The van der Waals surface area contributed by atoms with Gasteiger partial charge in [-0.05, 0) is 18.2 Å². The van der Waals surface area contributed by atoms with Gasteiger partial charge in [0.2, 0.25) is 0 Å². The molecule has 0 saturated carbocycles. The minimum atomic E-state index is -2.52. The molecule has 0 aromatic heterocycles. The molecule has 2 nitrogen and oxygen atoms in total. The molecule has 14 heavy (non-hydrogen) atoms. The Labute approximate surface area is 88.0 Å². The van der Waals surface area contributed by atoms with Gasteiger partial charge in [-0.1, -0.05) is 15.9 Å². The van der Waals surface area contributed by atoms with E-state index >= 15 is 0 Å². The van der Waals surface area contributed by atoms with Crippen molar-refractivity contribution in [2.45, 2.75) is 6.43 Å². The number of benzene rings is 1. The van der Waals surface area contributed by atoms with E-state index in [4.69, 9.17) is 4.74 Å². The van der Waals surface area contributed by atoms with Crippen LogP contribution < -0.4 is 4.74 Å². The zero-order valence-corrected chi connectivity index (χ0v) is 8.63. The van der Waals surface area contributed by atoms with Gasteiger partial charge in [0.05, 0.1) is 0 Å². The average molecular weight is 265 g/mol. The van der Waals surface area contributed by atoms with E-state index in [1.807, 2.05) is 0 Å². The van der Waals surface area contributed by atoms with Crippen molar-refractivity contribution >= 4 is 22.2 Å². The summed E-state index contributed by atoms with van der Waals surface area (Å²) >= 11 is 3.13. The second kappa shape index (κ2) is 5.05. The Morgan fingerprint density at radius 1 is 1.43 bits per heavy atom. The Balaban J connectivity index is 2.76. The Kier molecular flexibility index (Phi) is 4.00.